The van der Waals surface area contributed by atoms with Crippen molar-refractivity contribution in [1.82, 2.24) is 15.1 Å². The van der Waals surface area contributed by atoms with Crippen LogP contribution in [-0.2, 0) is 11.2 Å². The van der Waals surface area contributed by atoms with Crippen molar-refractivity contribution in [2.75, 3.05) is 39.3 Å². The van der Waals surface area contributed by atoms with Gasteiger partial charge >= 0.3 is 0 Å². The molecule has 2 aliphatic heterocycles. The van der Waals surface area contributed by atoms with Gasteiger partial charge in [0.2, 0.25) is 5.91 Å². The number of amides is 1. The molecule has 0 radical (unpaired) electrons. The minimum absolute atomic E-state index is 0.190. The van der Waals surface area contributed by atoms with Crippen molar-refractivity contribution in [2.24, 2.45) is 5.41 Å². The number of hydrogen-bond donors (Lipinski definition) is 1. The zero-order chi connectivity index (χ0) is 18.0. The van der Waals surface area contributed by atoms with E-state index in [0.29, 0.717) is 11.9 Å². The molecule has 2 saturated heterocycles. The Kier molecular flexibility index (Phi) is 5.53. The summed E-state index contributed by atoms with van der Waals surface area (Å²) in [6.07, 6.45) is 6.51. The summed E-state index contributed by atoms with van der Waals surface area (Å²) in [6.45, 7) is 6.06. The van der Waals surface area contributed by atoms with E-state index in [2.05, 4.69) is 27.2 Å². The number of benzene rings is 1. The number of hydrogen-bond acceptors (Lipinski definition) is 3. The predicted molar refractivity (Wildman–Crippen MR) is 105 cm³/mol. The Bertz CT molecular complexity index is 613. The van der Waals surface area contributed by atoms with Gasteiger partial charge in [-0.05, 0) is 49.9 Å². The summed E-state index contributed by atoms with van der Waals surface area (Å²) >= 11 is 6.03. The summed E-state index contributed by atoms with van der Waals surface area (Å²) in [6, 6.07) is 8.72. The van der Waals surface area contributed by atoms with Gasteiger partial charge in [0.25, 0.3) is 0 Å². The third kappa shape index (κ3) is 3.78. The number of rotatable bonds is 4. The van der Waals surface area contributed by atoms with Crippen molar-refractivity contribution < 1.29 is 4.79 Å². The fourth-order valence-corrected chi connectivity index (χ4v) is 5.21. The maximum atomic E-state index is 13.5. The molecule has 5 heteroatoms. The van der Waals surface area contributed by atoms with Crippen LogP contribution in [0.4, 0.5) is 0 Å². The van der Waals surface area contributed by atoms with E-state index in [9.17, 15) is 4.79 Å². The monoisotopic (exact) mass is 375 g/mol. The zero-order valence-electron chi connectivity index (χ0n) is 15.6. The van der Waals surface area contributed by atoms with E-state index < -0.39 is 0 Å². The average Bonchev–Trinajstić information content (AvgIpc) is 3.36. The highest BCUT2D eigenvalue weighted by atomic mass is 35.5. The second kappa shape index (κ2) is 7.87. The quantitative estimate of drug-likeness (QED) is 0.878. The molecule has 4 nitrogen and oxygen atoms in total. The van der Waals surface area contributed by atoms with Crippen LogP contribution in [0, 0.1) is 5.41 Å². The van der Waals surface area contributed by atoms with E-state index in [-0.39, 0.29) is 5.41 Å². The van der Waals surface area contributed by atoms with Gasteiger partial charge in [0.05, 0.1) is 5.41 Å². The molecule has 4 rings (SSSR count). The number of piperazine rings is 1. The van der Waals surface area contributed by atoms with Crippen molar-refractivity contribution in [3.05, 3.63) is 34.9 Å². The Morgan fingerprint density at radius 2 is 1.81 bits per heavy atom. The lowest BCUT2D eigenvalue weighted by atomic mass is 9.78. The molecule has 1 saturated carbocycles. The SMILES string of the molecule is O=C(N1CCN(C2CCNC2)CC1)C1(Cc2ccc(Cl)cc2)CCCC1. The minimum Gasteiger partial charge on any atom is -0.340 e. The first-order valence-electron chi connectivity index (χ1n) is 10.1. The summed E-state index contributed by atoms with van der Waals surface area (Å²) < 4.78 is 0. The Labute approximate surface area is 161 Å². The summed E-state index contributed by atoms with van der Waals surface area (Å²) in [5.74, 6) is 0.397. The molecular weight excluding hydrogens is 346 g/mol. The Hall–Kier alpha value is -1.10. The van der Waals surface area contributed by atoms with Gasteiger partial charge in [-0.2, -0.15) is 0 Å². The lowest BCUT2D eigenvalue weighted by Gasteiger charge is -2.41. The van der Waals surface area contributed by atoms with Gasteiger partial charge < -0.3 is 10.2 Å². The van der Waals surface area contributed by atoms with E-state index in [4.69, 9.17) is 11.6 Å². The van der Waals surface area contributed by atoms with Crippen LogP contribution in [0.1, 0.15) is 37.7 Å². The molecule has 1 amide bonds. The minimum atomic E-state index is -0.190. The van der Waals surface area contributed by atoms with Crippen LogP contribution >= 0.6 is 11.6 Å². The molecule has 142 valence electrons. The number of halogens is 1. The number of nitrogens with zero attached hydrogens (tertiary/aromatic N) is 2. The lowest BCUT2D eigenvalue weighted by Crippen LogP contribution is -2.55. The van der Waals surface area contributed by atoms with Crippen LogP contribution in [-0.4, -0.2) is 61.0 Å². The van der Waals surface area contributed by atoms with Crippen LogP contribution in [0.2, 0.25) is 5.02 Å². The van der Waals surface area contributed by atoms with Crippen molar-refractivity contribution in [3.63, 3.8) is 0 Å². The number of nitrogens with one attached hydrogen (secondary N) is 1. The highest BCUT2D eigenvalue weighted by Crippen LogP contribution is 2.43. The first-order valence-corrected chi connectivity index (χ1v) is 10.5. The third-order valence-corrected chi connectivity index (χ3v) is 6.87. The molecule has 2 heterocycles. The predicted octanol–water partition coefficient (Wildman–Crippen LogP) is 2.95. The zero-order valence-corrected chi connectivity index (χ0v) is 16.3. The van der Waals surface area contributed by atoms with Crippen LogP contribution in [0.3, 0.4) is 0 Å². The maximum Gasteiger partial charge on any atom is 0.229 e. The van der Waals surface area contributed by atoms with Gasteiger partial charge in [0.15, 0.2) is 0 Å². The highest BCUT2D eigenvalue weighted by Gasteiger charge is 2.44. The summed E-state index contributed by atoms with van der Waals surface area (Å²) in [4.78, 5) is 18.2. The molecule has 1 N–H and O–H groups in total. The molecule has 1 aliphatic carbocycles. The second-order valence-electron chi connectivity index (χ2n) is 8.27. The normalized spacial score (nSPS) is 26.3. The summed E-state index contributed by atoms with van der Waals surface area (Å²) in [7, 11) is 0. The van der Waals surface area contributed by atoms with Gasteiger partial charge in [-0.3, -0.25) is 9.69 Å². The molecule has 26 heavy (non-hydrogen) atoms. The van der Waals surface area contributed by atoms with Crippen molar-refractivity contribution in [1.29, 1.82) is 0 Å². The molecule has 0 spiro atoms. The average molecular weight is 376 g/mol. The standard InChI is InChI=1S/C21H30ClN3O/c22-18-5-3-17(4-6-18)15-21(8-1-2-9-21)20(26)25-13-11-24(12-14-25)19-7-10-23-16-19/h3-6,19,23H,1-2,7-16H2. The van der Waals surface area contributed by atoms with Crippen LogP contribution in [0.15, 0.2) is 24.3 Å². The highest BCUT2D eigenvalue weighted by molar-refractivity contribution is 6.30. The Morgan fingerprint density at radius 3 is 2.42 bits per heavy atom. The summed E-state index contributed by atoms with van der Waals surface area (Å²) in [5, 5.41) is 4.22. The Morgan fingerprint density at radius 1 is 1.12 bits per heavy atom. The first kappa shape index (κ1) is 18.3. The fraction of sp³-hybridized carbons (Fsp3) is 0.667. The lowest BCUT2D eigenvalue weighted by molar-refractivity contribution is -0.144. The fourth-order valence-electron chi connectivity index (χ4n) is 5.09. The first-order chi connectivity index (χ1) is 12.7. The van der Waals surface area contributed by atoms with Crippen LogP contribution in [0.5, 0.6) is 0 Å². The molecule has 1 aromatic carbocycles. The molecule has 3 aliphatic rings. The van der Waals surface area contributed by atoms with E-state index >= 15 is 0 Å². The molecule has 0 aromatic heterocycles. The molecule has 3 fully saturated rings. The van der Waals surface area contributed by atoms with E-state index in [1.807, 2.05) is 12.1 Å². The summed E-state index contributed by atoms with van der Waals surface area (Å²) in [5.41, 5.74) is 1.05. The van der Waals surface area contributed by atoms with E-state index in [0.717, 1.165) is 63.6 Å². The van der Waals surface area contributed by atoms with E-state index in [1.54, 1.807) is 0 Å². The molecule has 0 bridgehead atoms. The van der Waals surface area contributed by atoms with Gasteiger partial charge in [0, 0.05) is 43.8 Å². The maximum absolute atomic E-state index is 13.5. The Balaban J connectivity index is 1.41. The van der Waals surface area contributed by atoms with Gasteiger partial charge in [0.1, 0.15) is 0 Å². The van der Waals surface area contributed by atoms with Gasteiger partial charge in [-0.1, -0.05) is 36.6 Å². The molecule has 1 aromatic rings. The largest absolute Gasteiger partial charge is 0.340 e. The smallest absolute Gasteiger partial charge is 0.229 e. The number of carbonyl (C=O) groups excluding carboxylic acids is 1. The van der Waals surface area contributed by atoms with E-state index in [1.165, 1.54) is 24.8 Å². The third-order valence-electron chi connectivity index (χ3n) is 6.62. The van der Waals surface area contributed by atoms with Crippen LogP contribution in [0.25, 0.3) is 0 Å². The second-order valence-corrected chi connectivity index (χ2v) is 8.70. The molecule has 1 unspecified atom stereocenters. The molecular formula is C21H30ClN3O. The van der Waals surface area contributed by atoms with Crippen LogP contribution < -0.4 is 5.32 Å². The van der Waals surface area contributed by atoms with Crippen molar-refractivity contribution in [3.8, 4) is 0 Å². The van der Waals surface area contributed by atoms with Gasteiger partial charge in [-0.15, -0.1) is 0 Å². The van der Waals surface area contributed by atoms with Gasteiger partial charge in [-0.25, -0.2) is 0 Å². The van der Waals surface area contributed by atoms with Crippen molar-refractivity contribution in [2.45, 2.75) is 44.6 Å². The molecule has 1 atom stereocenters. The topological polar surface area (TPSA) is 35.6 Å². The number of carbonyl (C=O) groups is 1. The van der Waals surface area contributed by atoms with Crippen molar-refractivity contribution >= 4 is 17.5 Å².